The van der Waals surface area contributed by atoms with Crippen molar-refractivity contribution in [2.24, 2.45) is 11.1 Å². The van der Waals surface area contributed by atoms with Gasteiger partial charge in [0.2, 0.25) is 5.28 Å². The third-order valence-corrected chi connectivity index (χ3v) is 18.8. The number of nitrogens with two attached hydrogens (primary N) is 1. The summed E-state index contributed by atoms with van der Waals surface area (Å²) < 4.78 is 27.6. The van der Waals surface area contributed by atoms with E-state index in [9.17, 15) is 24.0 Å². The summed E-state index contributed by atoms with van der Waals surface area (Å²) in [5, 5.41) is 32.8. The number of rotatable bonds is 6. The Bertz CT molecular complexity index is 4630. The molecule has 29 heteroatoms. The fourth-order valence-corrected chi connectivity index (χ4v) is 13.5. The fourth-order valence-electron chi connectivity index (χ4n) is 10.8. The van der Waals surface area contributed by atoms with Gasteiger partial charge in [0.1, 0.15) is 33.3 Å². The lowest BCUT2D eigenvalue weighted by Gasteiger charge is -2.44. The zero-order valence-electron chi connectivity index (χ0n) is 58.1. The first-order valence-electron chi connectivity index (χ1n) is 32.7. The second-order valence-electron chi connectivity index (χ2n) is 27.2. The van der Waals surface area contributed by atoms with Crippen molar-refractivity contribution in [2.45, 2.75) is 131 Å². The first-order valence-corrected chi connectivity index (χ1v) is 36.3. The van der Waals surface area contributed by atoms with Gasteiger partial charge in [-0.25, -0.2) is 39.1 Å². The van der Waals surface area contributed by atoms with E-state index < -0.39 is 29.4 Å². The third kappa shape index (κ3) is 22.3. The Morgan fingerprint density at radius 1 is 0.703 bits per heavy atom. The zero-order chi connectivity index (χ0) is 73.0. The average molecular weight is 1560 g/mol. The molecule has 7 N–H and O–H groups in total. The number of carbonyl (C=O) groups excluding carboxylic acids is 4. The second kappa shape index (κ2) is 33.5. The lowest BCUT2D eigenvalue weighted by atomic mass is 9.72. The van der Waals surface area contributed by atoms with E-state index in [0.29, 0.717) is 44.7 Å². The number of likely N-dealkylation sites (tertiary alicyclic amines) is 1. The Morgan fingerprint density at radius 3 is 1.83 bits per heavy atom. The second-order valence-corrected chi connectivity index (χ2v) is 31.4. The Morgan fingerprint density at radius 2 is 1.29 bits per heavy atom. The van der Waals surface area contributed by atoms with Crippen LogP contribution in [-0.4, -0.2) is 147 Å². The molecular weight excluding hydrogens is 1480 g/mol. The Kier molecular flexibility index (Phi) is 25.5. The van der Waals surface area contributed by atoms with Crippen molar-refractivity contribution < 1.29 is 48.0 Å². The van der Waals surface area contributed by atoms with E-state index in [2.05, 4.69) is 82.9 Å². The molecule has 1 atom stereocenters. The molecule has 0 bridgehead atoms. The van der Waals surface area contributed by atoms with Crippen LogP contribution in [0.15, 0.2) is 130 Å². The minimum absolute atomic E-state index is 0.0623. The standard InChI is InChI=1S/C19H19N5O2S.C16H16ClN5O2.C14H26N2O2.C10H8BrNO.C9H5BrO2S.C4H9NO/c1-11-21-14-7-8-27-16(14)17(22-11)23-13-5-6-15-12(9-13)10-20-24(15)18(25)26-19(2,3)4;1-16(2,3)24-15(23)22-12-5-4-11(8-10(12)9-19-22)20-13-6-7-18-14(17)21-13;1-13(2,3)18-12(17)16-10-6-14(7-11-16)4-8-15-9-5-14;1-6(13)9-4-7-2-3-8(11)5-10(7)12-9;10-6-2-1-5-3-8(9(11)12)13-7(5)4-6;5-4-1-2-6-3-4/h5-10H,1-4H3,(H,21,22,23);4-9H,1-3H3,(H,18,20,21);15H,4-11H2,1-3H3;2-5,12H,1H3;1-4H,(H,11,12);4H,1-3,5H2. The number of carboxylic acid groups (broad SMARTS) is 1. The Balaban J connectivity index is 0.000000148. The zero-order valence-corrected chi connectivity index (χ0v) is 63.6. The topological polar surface area (TPSA) is 311 Å². The number of aromatic amines is 1. The van der Waals surface area contributed by atoms with Gasteiger partial charge in [-0.15, -0.1) is 22.7 Å². The normalized spacial score (nSPS) is 15.0. The number of nitrogens with one attached hydrogen (secondary N) is 4. The first-order chi connectivity index (χ1) is 47.7. The van der Waals surface area contributed by atoms with E-state index in [0.717, 1.165) is 127 Å². The monoisotopic (exact) mass is 1560 g/mol. The van der Waals surface area contributed by atoms with Crippen LogP contribution in [0.5, 0.6) is 0 Å². The highest BCUT2D eigenvalue weighted by atomic mass is 79.9. The number of fused-ring (bicyclic) bond motifs is 5. The van der Waals surface area contributed by atoms with Gasteiger partial charge in [-0.3, -0.25) is 4.79 Å². The van der Waals surface area contributed by atoms with E-state index in [4.69, 9.17) is 41.4 Å². The van der Waals surface area contributed by atoms with Crippen LogP contribution in [0.1, 0.15) is 127 Å². The fraction of sp³-hybridized carbons (Fsp3) is 0.375. The maximum Gasteiger partial charge on any atom is 0.435 e. The van der Waals surface area contributed by atoms with Crippen molar-refractivity contribution in [3.63, 3.8) is 0 Å². The lowest BCUT2D eigenvalue weighted by molar-refractivity contribution is 0.00564. The van der Waals surface area contributed by atoms with Gasteiger partial charge >= 0.3 is 24.2 Å². The molecule has 11 aromatic rings. The van der Waals surface area contributed by atoms with Crippen LogP contribution in [-0.2, 0) is 18.9 Å². The predicted octanol–water partition coefficient (Wildman–Crippen LogP) is 17.5. The van der Waals surface area contributed by atoms with E-state index in [-0.39, 0.29) is 22.8 Å². The number of thiophene rings is 2. The first kappa shape index (κ1) is 76.7. The molecule has 3 saturated heterocycles. The van der Waals surface area contributed by atoms with Crippen LogP contribution in [0, 0.1) is 12.3 Å². The van der Waals surface area contributed by atoms with Gasteiger partial charge in [0.05, 0.1) is 45.9 Å². The molecule has 0 radical (unpaired) electrons. The molecule has 3 aliphatic heterocycles. The Labute approximate surface area is 614 Å². The number of hydrogen-bond acceptors (Lipinski definition) is 21. The molecule has 3 fully saturated rings. The van der Waals surface area contributed by atoms with Crippen molar-refractivity contribution in [3.8, 4) is 0 Å². The summed E-state index contributed by atoms with van der Waals surface area (Å²) in [4.78, 5) is 80.3. The van der Waals surface area contributed by atoms with Gasteiger partial charge in [-0.2, -0.15) is 19.6 Å². The molecule has 1 amide bonds. The average Bonchev–Trinajstić information content (AvgIpc) is 1.73. The largest absolute Gasteiger partial charge is 0.477 e. The number of halogens is 3. The molecule has 0 saturated carbocycles. The lowest BCUT2D eigenvalue weighted by Crippen LogP contribution is -2.48. The van der Waals surface area contributed by atoms with Crippen molar-refractivity contribution in [1.29, 1.82) is 0 Å². The summed E-state index contributed by atoms with van der Waals surface area (Å²) in [6, 6.07) is 30.3. The number of aromatic nitrogens is 9. The van der Waals surface area contributed by atoms with Gasteiger partial charge in [-0.05, 0) is 227 Å². The number of aryl methyl sites for hydroxylation is 1. The number of H-pyrrole nitrogens is 1. The summed E-state index contributed by atoms with van der Waals surface area (Å²) in [7, 11) is 0. The summed E-state index contributed by atoms with van der Waals surface area (Å²) in [5.74, 6) is 1.26. The number of anilines is 4. The van der Waals surface area contributed by atoms with Crippen LogP contribution in [0.2, 0.25) is 5.28 Å². The van der Waals surface area contributed by atoms with Crippen LogP contribution in [0.4, 0.5) is 37.4 Å². The summed E-state index contributed by atoms with van der Waals surface area (Å²) in [6.07, 6.45) is 9.49. The number of nitrogens with zero attached hydrogens (tertiary/aromatic N) is 9. The molecule has 534 valence electrons. The van der Waals surface area contributed by atoms with Crippen molar-refractivity contribution >= 4 is 172 Å². The Hall–Kier alpha value is -8.48. The van der Waals surface area contributed by atoms with Crippen LogP contribution >= 0.6 is 66.1 Å². The number of Topliss-reactive ketones (excluding diaryl/α,β-unsaturated/α-hetero) is 1. The van der Waals surface area contributed by atoms with Gasteiger partial charge in [0.25, 0.3) is 0 Å². The molecule has 101 heavy (non-hydrogen) atoms. The van der Waals surface area contributed by atoms with Crippen molar-refractivity contribution in [1.82, 2.24) is 54.7 Å². The molecule has 3 aliphatic rings. The molecule has 1 unspecified atom stereocenters. The smallest absolute Gasteiger partial charge is 0.435 e. The summed E-state index contributed by atoms with van der Waals surface area (Å²) >= 11 is 15.4. The SMILES string of the molecule is CC(=O)c1cc2ccc(Br)cc2[nH]1.CC(C)(C)OC(=O)N1CCC2(CCNCC2)CC1.CC(C)(C)OC(=O)n1ncc2cc(Nc3ccnc(Cl)n3)ccc21.Cc1nc(Nc2ccc3c(cnn3C(=O)OC(C)(C)C)c2)c2sccc2n1.NC1CCOC1.O=C(O)c1cc2ccc(Br)cc2s1. The van der Waals surface area contributed by atoms with Crippen LogP contribution in [0.3, 0.4) is 0 Å². The molecule has 0 aliphatic carbocycles. The van der Waals surface area contributed by atoms with E-state index >= 15 is 0 Å². The molecule has 7 aromatic heterocycles. The number of ketones is 1. The molecule has 4 aromatic carbocycles. The number of carboxylic acids is 1. The highest BCUT2D eigenvalue weighted by Crippen LogP contribution is 2.40. The van der Waals surface area contributed by atoms with Gasteiger partial charge in [-0.1, -0.05) is 44.0 Å². The molecule has 10 heterocycles. The van der Waals surface area contributed by atoms with Gasteiger partial charge in [0, 0.05) is 85.6 Å². The summed E-state index contributed by atoms with van der Waals surface area (Å²) in [6.45, 7) is 25.7. The maximum absolute atomic E-state index is 12.3. The highest BCUT2D eigenvalue weighted by molar-refractivity contribution is 9.10. The number of hydrogen-bond donors (Lipinski definition) is 6. The maximum atomic E-state index is 12.3. The number of ether oxygens (including phenoxy) is 4. The van der Waals surface area contributed by atoms with Gasteiger partial charge < -0.3 is 55.6 Å². The van der Waals surface area contributed by atoms with Crippen LogP contribution in [0.25, 0.3) is 53.0 Å². The summed E-state index contributed by atoms with van der Waals surface area (Å²) in [5.41, 5.74) is 9.93. The van der Waals surface area contributed by atoms with Crippen LogP contribution < -0.4 is 21.7 Å². The molecule has 24 nitrogen and oxygen atoms in total. The number of aromatic carboxylic acids is 1. The van der Waals surface area contributed by atoms with Gasteiger partial charge in [0.15, 0.2) is 11.6 Å². The number of carbonyl (C=O) groups is 5. The molecular formula is C72H83Br2ClN14O10S2. The van der Waals surface area contributed by atoms with Crippen molar-refractivity contribution in [2.75, 3.05) is 50.0 Å². The van der Waals surface area contributed by atoms with E-state index in [1.54, 1.807) is 55.1 Å². The minimum Gasteiger partial charge on any atom is -0.477 e. The molecule has 1 spiro atoms. The number of amides is 1. The van der Waals surface area contributed by atoms with Crippen molar-refractivity contribution in [3.05, 3.63) is 152 Å². The quantitative estimate of drug-likeness (QED) is 0.0512. The number of benzene rings is 4. The minimum atomic E-state index is -0.864. The van der Waals surface area contributed by atoms with E-state index in [1.165, 1.54) is 33.5 Å². The third-order valence-electron chi connectivity index (χ3n) is 15.6. The van der Waals surface area contributed by atoms with E-state index in [1.807, 2.05) is 158 Å². The highest BCUT2D eigenvalue weighted by Gasteiger charge is 2.38. The molecule has 14 rings (SSSR count). The predicted molar refractivity (Wildman–Crippen MR) is 406 cm³/mol. The number of piperidine rings is 2.